The van der Waals surface area contributed by atoms with Crippen LogP contribution in [0.1, 0.15) is 96.8 Å². The summed E-state index contributed by atoms with van der Waals surface area (Å²) in [5, 5.41) is 17.9. The van der Waals surface area contributed by atoms with Crippen molar-refractivity contribution in [3.63, 3.8) is 0 Å². The van der Waals surface area contributed by atoms with Crippen LogP contribution < -0.4 is 0 Å². The molecular weight excluding hydrogens is 304 g/mol. The zero-order valence-electron chi connectivity index (χ0n) is 15.3. The Hall–Kier alpha value is -1.06. The highest BCUT2D eigenvalue weighted by molar-refractivity contribution is 5.74. The van der Waals surface area contributed by atoms with Crippen molar-refractivity contribution in [1.82, 2.24) is 0 Å². The molecule has 3 atom stereocenters. The molecule has 0 amide bonds. The fraction of sp³-hybridized carbons (Fsp3) is 0.900. The molecule has 0 bridgehead atoms. The van der Waals surface area contributed by atoms with Crippen molar-refractivity contribution < 1.29 is 19.8 Å². The fourth-order valence-electron chi connectivity index (χ4n) is 3.95. The quantitative estimate of drug-likeness (QED) is 0.364. The highest BCUT2D eigenvalue weighted by atomic mass is 16.4. The van der Waals surface area contributed by atoms with Gasteiger partial charge in [-0.25, -0.2) is 0 Å². The Morgan fingerprint density at radius 2 is 1.17 bits per heavy atom. The highest BCUT2D eigenvalue weighted by Crippen LogP contribution is 2.52. The van der Waals surface area contributed by atoms with Crippen molar-refractivity contribution in [2.45, 2.75) is 96.8 Å². The Morgan fingerprint density at radius 3 is 1.62 bits per heavy atom. The molecule has 0 aromatic carbocycles. The van der Waals surface area contributed by atoms with Crippen molar-refractivity contribution in [2.24, 2.45) is 17.8 Å². The predicted octanol–water partition coefficient (Wildman–Crippen LogP) is 5.50. The number of hydrogen-bond acceptors (Lipinski definition) is 2. The molecule has 1 saturated carbocycles. The van der Waals surface area contributed by atoms with Gasteiger partial charge in [0.2, 0.25) is 0 Å². The van der Waals surface area contributed by atoms with E-state index in [1.165, 1.54) is 44.9 Å². The summed E-state index contributed by atoms with van der Waals surface area (Å²) in [6.07, 6.45) is 15.2. The molecule has 0 heterocycles. The molecule has 0 aliphatic heterocycles. The summed E-state index contributed by atoms with van der Waals surface area (Å²) in [5.74, 6) is -0.777. The Balaban J connectivity index is 2.06. The van der Waals surface area contributed by atoms with Gasteiger partial charge in [0, 0.05) is 6.42 Å². The minimum Gasteiger partial charge on any atom is -0.481 e. The zero-order chi connectivity index (χ0) is 17.8. The molecule has 1 fully saturated rings. The lowest BCUT2D eigenvalue weighted by atomic mass is 10.0. The maximum atomic E-state index is 11.3. The third kappa shape index (κ3) is 8.70. The minimum absolute atomic E-state index is 0.131. The normalized spacial score (nSPS) is 22.5. The lowest BCUT2D eigenvalue weighted by molar-refractivity contribution is -0.139. The van der Waals surface area contributed by atoms with Crippen LogP contribution in [0.15, 0.2) is 0 Å². The average Bonchev–Trinajstić information content (AvgIpc) is 3.22. The third-order valence-electron chi connectivity index (χ3n) is 5.44. The number of carbonyl (C=O) groups is 2. The topological polar surface area (TPSA) is 74.6 Å². The highest BCUT2D eigenvalue weighted by Gasteiger charge is 2.53. The van der Waals surface area contributed by atoms with E-state index in [9.17, 15) is 14.7 Å². The molecule has 0 aromatic heterocycles. The number of unbranched alkanes of at least 4 members (excludes halogenated alkanes) is 9. The second kappa shape index (κ2) is 12.3. The standard InChI is InChI=1S/C20H36O4/c1-2-3-4-5-6-7-8-10-13-16-17(19(16)20(23)24)14-11-9-12-15-18(21)22/h16-17,19H,2-15H2,1H3,(H,21,22)(H,23,24). The van der Waals surface area contributed by atoms with Crippen LogP contribution in [0.25, 0.3) is 0 Å². The van der Waals surface area contributed by atoms with Gasteiger partial charge in [-0.15, -0.1) is 0 Å². The van der Waals surface area contributed by atoms with Gasteiger partial charge in [-0.3, -0.25) is 9.59 Å². The largest absolute Gasteiger partial charge is 0.481 e. The summed E-state index contributed by atoms with van der Waals surface area (Å²) in [5.41, 5.74) is 0. The number of rotatable bonds is 16. The molecule has 140 valence electrons. The van der Waals surface area contributed by atoms with Crippen molar-refractivity contribution in [1.29, 1.82) is 0 Å². The first-order valence-corrected chi connectivity index (χ1v) is 10.0. The smallest absolute Gasteiger partial charge is 0.307 e. The Bertz CT molecular complexity index is 367. The van der Waals surface area contributed by atoms with E-state index < -0.39 is 11.9 Å². The predicted molar refractivity (Wildman–Crippen MR) is 96.1 cm³/mol. The van der Waals surface area contributed by atoms with E-state index in [1.807, 2.05) is 0 Å². The molecule has 0 radical (unpaired) electrons. The molecule has 1 aliphatic carbocycles. The Kier molecular flexibility index (Phi) is 10.8. The van der Waals surface area contributed by atoms with E-state index in [0.717, 1.165) is 32.1 Å². The maximum Gasteiger partial charge on any atom is 0.307 e. The molecule has 4 heteroatoms. The summed E-state index contributed by atoms with van der Waals surface area (Å²) >= 11 is 0. The summed E-state index contributed by atoms with van der Waals surface area (Å²) in [7, 11) is 0. The van der Waals surface area contributed by atoms with E-state index in [-0.39, 0.29) is 12.3 Å². The van der Waals surface area contributed by atoms with Gasteiger partial charge in [-0.05, 0) is 31.1 Å². The first-order chi connectivity index (χ1) is 11.6. The second-order valence-electron chi connectivity index (χ2n) is 7.45. The monoisotopic (exact) mass is 340 g/mol. The van der Waals surface area contributed by atoms with Gasteiger partial charge >= 0.3 is 11.9 Å². The fourth-order valence-corrected chi connectivity index (χ4v) is 3.95. The summed E-state index contributed by atoms with van der Waals surface area (Å²) in [6, 6.07) is 0. The molecule has 4 nitrogen and oxygen atoms in total. The molecule has 0 saturated heterocycles. The Labute approximate surface area is 147 Å². The van der Waals surface area contributed by atoms with Gasteiger partial charge in [0.1, 0.15) is 0 Å². The van der Waals surface area contributed by atoms with Gasteiger partial charge in [-0.2, -0.15) is 0 Å². The number of aliphatic carboxylic acids is 2. The van der Waals surface area contributed by atoms with Crippen molar-refractivity contribution in [2.75, 3.05) is 0 Å². The summed E-state index contributed by atoms with van der Waals surface area (Å²) < 4.78 is 0. The minimum atomic E-state index is -0.739. The molecule has 0 spiro atoms. The first-order valence-electron chi connectivity index (χ1n) is 10.0. The third-order valence-corrected chi connectivity index (χ3v) is 5.44. The molecule has 3 unspecified atom stereocenters. The maximum absolute atomic E-state index is 11.3. The molecular formula is C20H36O4. The van der Waals surface area contributed by atoms with Crippen LogP contribution in [-0.2, 0) is 9.59 Å². The van der Waals surface area contributed by atoms with Crippen LogP contribution >= 0.6 is 0 Å². The summed E-state index contributed by atoms with van der Waals surface area (Å²) in [4.78, 5) is 21.8. The van der Waals surface area contributed by atoms with Crippen LogP contribution in [0.4, 0.5) is 0 Å². The van der Waals surface area contributed by atoms with E-state index in [4.69, 9.17) is 5.11 Å². The Morgan fingerprint density at radius 1 is 0.708 bits per heavy atom. The lowest BCUT2D eigenvalue weighted by Crippen LogP contribution is -2.01. The number of hydrogen-bond donors (Lipinski definition) is 2. The lowest BCUT2D eigenvalue weighted by Gasteiger charge is -2.02. The molecule has 0 aromatic rings. The van der Waals surface area contributed by atoms with Crippen LogP contribution in [0.3, 0.4) is 0 Å². The van der Waals surface area contributed by atoms with Gasteiger partial charge in [-0.1, -0.05) is 71.1 Å². The van der Waals surface area contributed by atoms with E-state index >= 15 is 0 Å². The second-order valence-corrected chi connectivity index (χ2v) is 7.45. The van der Waals surface area contributed by atoms with Gasteiger partial charge < -0.3 is 10.2 Å². The van der Waals surface area contributed by atoms with Crippen molar-refractivity contribution in [3.05, 3.63) is 0 Å². The number of carboxylic acids is 2. The summed E-state index contributed by atoms with van der Waals surface area (Å²) in [6.45, 7) is 2.23. The SMILES string of the molecule is CCCCCCCCCCC1C(CCCCCC(=O)O)C1C(=O)O. The zero-order valence-corrected chi connectivity index (χ0v) is 15.3. The van der Waals surface area contributed by atoms with E-state index in [0.29, 0.717) is 18.3 Å². The van der Waals surface area contributed by atoms with Crippen LogP contribution in [-0.4, -0.2) is 22.2 Å². The average molecular weight is 341 g/mol. The van der Waals surface area contributed by atoms with Gasteiger partial charge in [0.25, 0.3) is 0 Å². The van der Waals surface area contributed by atoms with E-state index in [1.54, 1.807) is 0 Å². The van der Waals surface area contributed by atoms with Crippen LogP contribution in [0.2, 0.25) is 0 Å². The van der Waals surface area contributed by atoms with Crippen LogP contribution in [0.5, 0.6) is 0 Å². The van der Waals surface area contributed by atoms with Crippen molar-refractivity contribution >= 4 is 11.9 Å². The molecule has 2 N–H and O–H groups in total. The van der Waals surface area contributed by atoms with Crippen molar-refractivity contribution in [3.8, 4) is 0 Å². The molecule has 24 heavy (non-hydrogen) atoms. The first kappa shape index (κ1) is 21.0. The van der Waals surface area contributed by atoms with Crippen LogP contribution in [0, 0.1) is 17.8 Å². The molecule has 1 aliphatic rings. The molecule has 1 rings (SSSR count). The number of carboxylic acid groups (broad SMARTS) is 2. The van der Waals surface area contributed by atoms with Gasteiger partial charge in [0.15, 0.2) is 0 Å². The van der Waals surface area contributed by atoms with Gasteiger partial charge in [0.05, 0.1) is 5.92 Å². The van der Waals surface area contributed by atoms with E-state index in [2.05, 4.69) is 6.92 Å².